The Kier molecular flexibility index (Phi) is 2.18. The van der Waals surface area contributed by atoms with E-state index < -0.39 is 0 Å². The summed E-state index contributed by atoms with van der Waals surface area (Å²) in [5, 5.41) is 9.11. The summed E-state index contributed by atoms with van der Waals surface area (Å²) < 4.78 is 0. The summed E-state index contributed by atoms with van der Waals surface area (Å²) in [6.45, 7) is 0. The molecule has 0 heterocycles. The molecular formula is C7H10N2O2. The molecule has 1 aromatic rings. The van der Waals surface area contributed by atoms with Gasteiger partial charge in [0.15, 0.2) is 0 Å². The molecule has 1 aromatic carbocycles. The highest BCUT2D eigenvalue weighted by Crippen LogP contribution is 2.27. The Hall–Kier alpha value is -1.42. The average molecular weight is 154 g/mol. The van der Waals surface area contributed by atoms with Gasteiger partial charge in [0.1, 0.15) is 5.75 Å². The van der Waals surface area contributed by atoms with E-state index in [1.165, 1.54) is 13.2 Å². The molecule has 4 nitrogen and oxygen atoms in total. The first-order chi connectivity index (χ1) is 5.25. The Balaban J connectivity index is 2.96. The van der Waals surface area contributed by atoms with Crippen molar-refractivity contribution in [3.8, 4) is 5.75 Å². The SMILES string of the molecule is CONc1cccc(O)c1N. The molecule has 4 N–H and O–H groups in total. The zero-order valence-electron chi connectivity index (χ0n) is 6.16. The van der Waals surface area contributed by atoms with Gasteiger partial charge in [-0.25, -0.2) is 0 Å². The largest absolute Gasteiger partial charge is 0.506 e. The minimum atomic E-state index is 0.0482. The maximum atomic E-state index is 9.11. The van der Waals surface area contributed by atoms with Gasteiger partial charge in [0, 0.05) is 0 Å². The highest BCUT2D eigenvalue weighted by Gasteiger charge is 2.00. The fraction of sp³-hybridized carbons (Fsp3) is 0.143. The number of aromatic hydroxyl groups is 1. The molecule has 0 atom stereocenters. The van der Waals surface area contributed by atoms with Crippen LogP contribution in [-0.4, -0.2) is 12.2 Å². The number of hydrogen-bond acceptors (Lipinski definition) is 4. The van der Waals surface area contributed by atoms with E-state index in [-0.39, 0.29) is 11.4 Å². The number of nitrogen functional groups attached to an aromatic ring is 1. The van der Waals surface area contributed by atoms with E-state index in [1.54, 1.807) is 12.1 Å². The minimum Gasteiger partial charge on any atom is -0.506 e. The molecular weight excluding hydrogens is 144 g/mol. The molecule has 0 saturated heterocycles. The average Bonchev–Trinajstić information content (AvgIpc) is 1.99. The van der Waals surface area contributed by atoms with Crippen molar-refractivity contribution in [3.63, 3.8) is 0 Å². The molecule has 11 heavy (non-hydrogen) atoms. The standard InChI is InChI=1S/C7H10N2O2/c1-11-9-5-3-2-4-6(10)7(5)8/h2-4,9-10H,8H2,1H3. The number of phenolic OH excluding ortho intramolecular Hbond substituents is 1. The fourth-order valence-corrected chi connectivity index (χ4v) is 0.752. The van der Waals surface area contributed by atoms with Crippen molar-refractivity contribution in [2.24, 2.45) is 0 Å². The van der Waals surface area contributed by atoms with Crippen LogP contribution in [0, 0.1) is 0 Å². The number of benzene rings is 1. The van der Waals surface area contributed by atoms with E-state index >= 15 is 0 Å². The van der Waals surface area contributed by atoms with Crippen LogP contribution in [0.5, 0.6) is 5.75 Å². The van der Waals surface area contributed by atoms with Crippen LogP contribution in [-0.2, 0) is 4.84 Å². The Morgan fingerprint density at radius 2 is 2.27 bits per heavy atom. The summed E-state index contributed by atoms with van der Waals surface area (Å²) in [4.78, 5) is 4.62. The van der Waals surface area contributed by atoms with Gasteiger partial charge in [-0.3, -0.25) is 10.3 Å². The quantitative estimate of drug-likeness (QED) is 0.337. The third-order valence-corrected chi connectivity index (χ3v) is 1.30. The van der Waals surface area contributed by atoms with Gasteiger partial charge in [0.25, 0.3) is 0 Å². The molecule has 0 aromatic heterocycles. The number of anilines is 2. The van der Waals surface area contributed by atoms with Crippen molar-refractivity contribution in [2.45, 2.75) is 0 Å². The predicted octanol–water partition coefficient (Wildman–Crippen LogP) is 0.948. The number of hydrogen-bond donors (Lipinski definition) is 3. The number of phenols is 1. The highest BCUT2D eigenvalue weighted by atomic mass is 16.6. The summed E-state index contributed by atoms with van der Waals surface area (Å²) in [5.41, 5.74) is 8.86. The van der Waals surface area contributed by atoms with Crippen molar-refractivity contribution in [1.29, 1.82) is 0 Å². The molecule has 0 aliphatic rings. The molecule has 60 valence electrons. The van der Waals surface area contributed by atoms with Crippen LogP contribution >= 0.6 is 0 Å². The Labute approximate surface area is 64.5 Å². The third kappa shape index (κ3) is 1.53. The van der Waals surface area contributed by atoms with Gasteiger partial charge in [-0.15, -0.1) is 0 Å². The molecule has 0 amide bonds. The van der Waals surface area contributed by atoms with Gasteiger partial charge in [-0.05, 0) is 12.1 Å². The Morgan fingerprint density at radius 3 is 2.91 bits per heavy atom. The molecule has 0 radical (unpaired) electrons. The lowest BCUT2D eigenvalue weighted by Gasteiger charge is -2.06. The maximum absolute atomic E-state index is 9.11. The zero-order chi connectivity index (χ0) is 8.27. The van der Waals surface area contributed by atoms with Crippen LogP contribution in [0.4, 0.5) is 11.4 Å². The zero-order valence-corrected chi connectivity index (χ0v) is 6.16. The molecule has 0 aliphatic heterocycles. The van der Waals surface area contributed by atoms with Crippen molar-refractivity contribution >= 4 is 11.4 Å². The second-order valence-electron chi connectivity index (χ2n) is 2.04. The lowest BCUT2D eigenvalue weighted by molar-refractivity contribution is 0.271. The van der Waals surface area contributed by atoms with E-state index in [2.05, 4.69) is 10.3 Å². The van der Waals surface area contributed by atoms with Gasteiger partial charge in [0.05, 0.1) is 18.5 Å². The van der Waals surface area contributed by atoms with Gasteiger partial charge in [-0.2, -0.15) is 0 Å². The molecule has 1 rings (SSSR count). The lowest BCUT2D eigenvalue weighted by Crippen LogP contribution is -1.99. The van der Waals surface area contributed by atoms with E-state index in [4.69, 9.17) is 10.8 Å². The maximum Gasteiger partial charge on any atom is 0.140 e. The van der Waals surface area contributed by atoms with Crippen molar-refractivity contribution in [1.82, 2.24) is 0 Å². The molecule has 0 saturated carbocycles. The molecule has 0 spiro atoms. The first-order valence-electron chi connectivity index (χ1n) is 3.12. The summed E-state index contributed by atoms with van der Waals surface area (Å²) in [6.07, 6.45) is 0. The highest BCUT2D eigenvalue weighted by molar-refractivity contribution is 5.71. The predicted molar refractivity (Wildman–Crippen MR) is 43.2 cm³/mol. The number of nitrogens with one attached hydrogen (secondary N) is 1. The van der Waals surface area contributed by atoms with Crippen LogP contribution in [0.15, 0.2) is 18.2 Å². The summed E-state index contributed by atoms with van der Waals surface area (Å²) in [5.74, 6) is 0.0482. The van der Waals surface area contributed by atoms with Crippen LogP contribution in [0.3, 0.4) is 0 Å². The monoisotopic (exact) mass is 154 g/mol. The number of para-hydroxylation sites is 1. The first-order valence-corrected chi connectivity index (χ1v) is 3.12. The smallest absolute Gasteiger partial charge is 0.140 e. The van der Waals surface area contributed by atoms with E-state index in [9.17, 15) is 0 Å². The van der Waals surface area contributed by atoms with Gasteiger partial charge >= 0.3 is 0 Å². The fourth-order valence-electron chi connectivity index (χ4n) is 0.752. The molecule has 4 heteroatoms. The molecule has 0 bridgehead atoms. The Morgan fingerprint density at radius 1 is 1.55 bits per heavy atom. The van der Waals surface area contributed by atoms with Gasteiger partial charge < -0.3 is 10.8 Å². The van der Waals surface area contributed by atoms with E-state index in [0.717, 1.165) is 0 Å². The summed E-state index contributed by atoms with van der Waals surface area (Å²) in [7, 11) is 1.48. The Bertz CT molecular complexity index is 250. The summed E-state index contributed by atoms with van der Waals surface area (Å²) >= 11 is 0. The van der Waals surface area contributed by atoms with E-state index in [1.807, 2.05) is 0 Å². The minimum absolute atomic E-state index is 0.0482. The molecule has 0 fully saturated rings. The van der Waals surface area contributed by atoms with Crippen LogP contribution in [0.1, 0.15) is 0 Å². The second-order valence-corrected chi connectivity index (χ2v) is 2.04. The van der Waals surface area contributed by atoms with Crippen molar-refractivity contribution < 1.29 is 9.94 Å². The van der Waals surface area contributed by atoms with Crippen molar-refractivity contribution in [2.75, 3.05) is 18.3 Å². The number of nitrogens with two attached hydrogens (primary N) is 1. The number of rotatable bonds is 2. The molecule has 0 unspecified atom stereocenters. The van der Waals surface area contributed by atoms with Gasteiger partial charge in [-0.1, -0.05) is 6.07 Å². The van der Waals surface area contributed by atoms with E-state index in [0.29, 0.717) is 5.69 Å². The lowest BCUT2D eigenvalue weighted by atomic mass is 10.2. The van der Waals surface area contributed by atoms with Crippen LogP contribution < -0.4 is 11.2 Å². The van der Waals surface area contributed by atoms with Gasteiger partial charge in [0.2, 0.25) is 0 Å². The van der Waals surface area contributed by atoms with Crippen LogP contribution in [0.2, 0.25) is 0 Å². The third-order valence-electron chi connectivity index (χ3n) is 1.30. The summed E-state index contributed by atoms with van der Waals surface area (Å²) in [6, 6.07) is 4.89. The normalized spacial score (nSPS) is 9.55. The van der Waals surface area contributed by atoms with Crippen molar-refractivity contribution in [3.05, 3.63) is 18.2 Å². The first kappa shape index (κ1) is 7.68. The topological polar surface area (TPSA) is 67.5 Å². The second kappa shape index (κ2) is 3.12. The van der Waals surface area contributed by atoms with Crippen LogP contribution in [0.25, 0.3) is 0 Å². The molecule has 0 aliphatic carbocycles.